The van der Waals surface area contributed by atoms with E-state index in [1.54, 1.807) is 0 Å². The first-order valence-electron chi connectivity index (χ1n) is 5.89. The molecule has 1 N–H and O–H groups in total. The van der Waals surface area contributed by atoms with Gasteiger partial charge in [-0.1, -0.05) is 23.8 Å². The Labute approximate surface area is 103 Å². The summed E-state index contributed by atoms with van der Waals surface area (Å²) in [6.07, 6.45) is 1.20. The lowest BCUT2D eigenvalue weighted by molar-refractivity contribution is -0.140. The van der Waals surface area contributed by atoms with Gasteiger partial charge in [-0.3, -0.25) is 4.79 Å². The van der Waals surface area contributed by atoms with Crippen molar-refractivity contribution in [1.29, 1.82) is 0 Å². The number of aryl methyl sites for hydroxylation is 2. The van der Waals surface area contributed by atoms with Crippen molar-refractivity contribution in [3.05, 3.63) is 34.9 Å². The Balaban J connectivity index is 2.75. The molecular weight excluding hydrogens is 214 g/mol. The van der Waals surface area contributed by atoms with Crippen molar-refractivity contribution in [2.75, 3.05) is 14.2 Å². The maximum absolute atomic E-state index is 11.2. The summed E-state index contributed by atoms with van der Waals surface area (Å²) in [5.41, 5.74) is 3.77. The van der Waals surface area contributed by atoms with Crippen LogP contribution in [0.1, 0.15) is 35.6 Å². The largest absolute Gasteiger partial charge is 0.469 e. The van der Waals surface area contributed by atoms with E-state index in [1.165, 1.54) is 23.8 Å². The zero-order valence-electron chi connectivity index (χ0n) is 11.0. The zero-order valence-corrected chi connectivity index (χ0v) is 11.0. The predicted molar refractivity (Wildman–Crippen MR) is 69.0 cm³/mol. The van der Waals surface area contributed by atoms with Crippen LogP contribution in [-0.4, -0.2) is 20.1 Å². The number of hydrogen-bond acceptors (Lipinski definition) is 3. The summed E-state index contributed by atoms with van der Waals surface area (Å²) in [5, 5.41) is 3.25. The molecule has 0 amide bonds. The molecule has 3 heteroatoms. The molecule has 0 bridgehead atoms. The monoisotopic (exact) mass is 235 g/mol. The molecule has 0 saturated carbocycles. The number of hydrogen-bond donors (Lipinski definition) is 1. The minimum Gasteiger partial charge on any atom is -0.469 e. The van der Waals surface area contributed by atoms with Gasteiger partial charge in [-0.2, -0.15) is 0 Å². The smallest absolute Gasteiger partial charge is 0.305 e. The third-order valence-corrected chi connectivity index (χ3v) is 3.01. The van der Waals surface area contributed by atoms with Gasteiger partial charge in [-0.25, -0.2) is 0 Å². The van der Waals surface area contributed by atoms with Gasteiger partial charge in [0.2, 0.25) is 0 Å². The normalized spacial score (nSPS) is 12.2. The van der Waals surface area contributed by atoms with Crippen LogP contribution in [0.25, 0.3) is 0 Å². The number of rotatable bonds is 5. The summed E-state index contributed by atoms with van der Waals surface area (Å²) in [5.74, 6) is -0.157. The second-order valence-corrected chi connectivity index (χ2v) is 4.32. The Hall–Kier alpha value is -1.35. The average Bonchev–Trinajstić information content (AvgIpc) is 2.31. The highest BCUT2D eigenvalue weighted by molar-refractivity contribution is 5.69. The van der Waals surface area contributed by atoms with Gasteiger partial charge in [0.15, 0.2) is 0 Å². The highest BCUT2D eigenvalue weighted by atomic mass is 16.5. The lowest BCUT2D eigenvalue weighted by atomic mass is 9.96. The van der Waals surface area contributed by atoms with Gasteiger partial charge >= 0.3 is 5.97 Å². The fourth-order valence-electron chi connectivity index (χ4n) is 2.04. The van der Waals surface area contributed by atoms with Gasteiger partial charge in [0, 0.05) is 12.5 Å². The van der Waals surface area contributed by atoms with E-state index in [0.29, 0.717) is 6.42 Å². The Morgan fingerprint density at radius 1 is 1.41 bits per heavy atom. The van der Waals surface area contributed by atoms with Gasteiger partial charge in [-0.15, -0.1) is 0 Å². The molecule has 94 valence electrons. The number of nitrogens with one attached hydrogen (secondary N) is 1. The first kappa shape index (κ1) is 13.7. The van der Waals surface area contributed by atoms with Crippen molar-refractivity contribution in [1.82, 2.24) is 5.32 Å². The van der Waals surface area contributed by atoms with Crippen molar-refractivity contribution >= 4 is 5.97 Å². The van der Waals surface area contributed by atoms with Gasteiger partial charge in [-0.05, 0) is 38.4 Å². The van der Waals surface area contributed by atoms with Crippen molar-refractivity contribution in [2.45, 2.75) is 32.7 Å². The van der Waals surface area contributed by atoms with Crippen LogP contribution in [0, 0.1) is 13.8 Å². The molecule has 0 aromatic heterocycles. The van der Waals surface area contributed by atoms with E-state index in [0.717, 1.165) is 6.42 Å². The summed E-state index contributed by atoms with van der Waals surface area (Å²) in [6, 6.07) is 6.60. The van der Waals surface area contributed by atoms with Crippen molar-refractivity contribution < 1.29 is 9.53 Å². The first-order valence-corrected chi connectivity index (χ1v) is 5.89. The van der Waals surface area contributed by atoms with Crippen LogP contribution >= 0.6 is 0 Å². The number of carbonyl (C=O) groups excluding carboxylic acids is 1. The highest BCUT2D eigenvalue weighted by Crippen LogP contribution is 2.22. The van der Waals surface area contributed by atoms with E-state index in [9.17, 15) is 4.79 Å². The standard InChI is InChI=1S/C14H21NO2/c1-10-5-6-12(11(2)9-10)13(15-3)7-8-14(16)17-4/h5-6,9,13,15H,7-8H2,1-4H3. The van der Waals surface area contributed by atoms with Crippen LogP contribution in [0.5, 0.6) is 0 Å². The number of esters is 1. The van der Waals surface area contributed by atoms with E-state index in [1.807, 2.05) is 7.05 Å². The van der Waals surface area contributed by atoms with Crippen molar-refractivity contribution in [2.24, 2.45) is 0 Å². The molecule has 0 spiro atoms. The molecule has 3 nitrogen and oxygen atoms in total. The molecule has 0 fully saturated rings. The predicted octanol–water partition coefficient (Wildman–Crippen LogP) is 2.52. The molecule has 1 aromatic carbocycles. The highest BCUT2D eigenvalue weighted by Gasteiger charge is 2.13. The van der Waals surface area contributed by atoms with E-state index >= 15 is 0 Å². The SMILES string of the molecule is CNC(CCC(=O)OC)c1ccc(C)cc1C. The molecule has 0 heterocycles. The molecule has 1 unspecified atom stereocenters. The van der Waals surface area contributed by atoms with Crippen LogP contribution in [0.4, 0.5) is 0 Å². The molecule has 0 radical (unpaired) electrons. The summed E-state index contributed by atoms with van der Waals surface area (Å²) in [6.45, 7) is 4.18. The Bertz CT molecular complexity index is 388. The molecule has 1 aromatic rings. The van der Waals surface area contributed by atoms with Crippen LogP contribution in [0.15, 0.2) is 18.2 Å². The fourth-order valence-corrected chi connectivity index (χ4v) is 2.04. The molecule has 1 rings (SSSR count). The van der Waals surface area contributed by atoms with Gasteiger partial charge in [0.1, 0.15) is 0 Å². The van der Waals surface area contributed by atoms with Crippen LogP contribution < -0.4 is 5.32 Å². The molecular formula is C14H21NO2. The number of carbonyl (C=O) groups is 1. The Morgan fingerprint density at radius 2 is 2.12 bits per heavy atom. The fraction of sp³-hybridized carbons (Fsp3) is 0.500. The van der Waals surface area contributed by atoms with E-state index in [2.05, 4.69) is 42.1 Å². The summed E-state index contributed by atoms with van der Waals surface area (Å²) >= 11 is 0. The first-order chi connectivity index (χ1) is 8.08. The third kappa shape index (κ3) is 3.86. The number of methoxy groups -OCH3 is 1. The van der Waals surface area contributed by atoms with E-state index in [-0.39, 0.29) is 12.0 Å². The Kier molecular flexibility index (Phi) is 5.16. The lowest BCUT2D eigenvalue weighted by Crippen LogP contribution is -2.19. The summed E-state index contributed by atoms with van der Waals surface area (Å²) in [4.78, 5) is 11.2. The molecule has 0 aliphatic carbocycles. The lowest BCUT2D eigenvalue weighted by Gasteiger charge is -2.18. The van der Waals surface area contributed by atoms with Gasteiger partial charge in [0.05, 0.1) is 7.11 Å². The quantitative estimate of drug-likeness (QED) is 0.797. The van der Waals surface area contributed by atoms with Crippen molar-refractivity contribution in [3.8, 4) is 0 Å². The molecule has 17 heavy (non-hydrogen) atoms. The van der Waals surface area contributed by atoms with E-state index < -0.39 is 0 Å². The summed E-state index contributed by atoms with van der Waals surface area (Å²) < 4.78 is 4.66. The Morgan fingerprint density at radius 3 is 2.65 bits per heavy atom. The zero-order chi connectivity index (χ0) is 12.8. The summed E-state index contributed by atoms with van der Waals surface area (Å²) in [7, 11) is 3.34. The van der Waals surface area contributed by atoms with E-state index in [4.69, 9.17) is 0 Å². The van der Waals surface area contributed by atoms with Crippen LogP contribution in [0.3, 0.4) is 0 Å². The second kappa shape index (κ2) is 6.40. The van der Waals surface area contributed by atoms with Crippen molar-refractivity contribution in [3.63, 3.8) is 0 Å². The topological polar surface area (TPSA) is 38.3 Å². The minimum absolute atomic E-state index is 0.157. The average molecular weight is 235 g/mol. The maximum atomic E-state index is 11.2. The van der Waals surface area contributed by atoms with Crippen LogP contribution in [-0.2, 0) is 9.53 Å². The molecule has 1 atom stereocenters. The van der Waals surface area contributed by atoms with Gasteiger partial charge < -0.3 is 10.1 Å². The third-order valence-electron chi connectivity index (χ3n) is 3.01. The number of benzene rings is 1. The minimum atomic E-state index is -0.157. The molecule has 0 aliphatic heterocycles. The molecule has 0 saturated heterocycles. The van der Waals surface area contributed by atoms with Gasteiger partial charge in [0.25, 0.3) is 0 Å². The second-order valence-electron chi connectivity index (χ2n) is 4.32. The molecule has 0 aliphatic rings. The maximum Gasteiger partial charge on any atom is 0.305 e. The van der Waals surface area contributed by atoms with Crippen LogP contribution in [0.2, 0.25) is 0 Å². The number of ether oxygens (including phenoxy) is 1.